The lowest BCUT2D eigenvalue weighted by molar-refractivity contribution is -0.137. The van der Waals surface area contributed by atoms with Crippen LogP contribution in [0.25, 0.3) is 11.1 Å². The number of unbranched alkanes of at least 4 members (excludes halogenated alkanes) is 1. The van der Waals surface area contributed by atoms with Gasteiger partial charge in [-0.25, -0.2) is 8.78 Å². The number of halogens is 5. The molecule has 8 heteroatoms. The molecule has 1 aliphatic carbocycles. The molecule has 0 amide bonds. The van der Waals surface area contributed by atoms with Gasteiger partial charge in [0.15, 0.2) is 14.5 Å². The number of hydrogen-bond acceptors (Lipinski definition) is 2. The first-order valence-electron chi connectivity index (χ1n) is 15.8. The molecule has 1 fully saturated rings. The average molecular weight is 631 g/mol. The molecule has 1 heterocycles. The third kappa shape index (κ3) is 7.06. The van der Waals surface area contributed by atoms with Crippen molar-refractivity contribution in [2.75, 3.05) is 0 Å². The van der Waals surface area contributed by atoms with E-state index in [1.807, 2.05) is 19.9 Å². The Morgan fingerprint density at radius 1 is 1.00 bits per heavy atom. The van der Waals surface area contributed by atoms with Crippen LogP contribution in [0.1, 0.15) is 112 Å². The standard InChI is InChI=1S/C36H43F5O2Si/c1-6-7-20-44(4,5)43-30-22-35(2,3)42-29-21-28(23-10-8-9-11-23)32(31(33(29)30)24-14-18-27(37)19-15-24)34(38)25-12-16-26(17-13-25)36(39,40)41/h12-19,21,23,30,34H,6-11,20,22H2,1-5H3/t30-,34?/m0/s1. The van der Waals surface area contributed by atoms with Gasteiger partial charge >= 0.3 is 6.18 Å². The summed E-state index contributed by atoms with van der Waals surface area (Å²) in [7, 11) is -2.16. The van der Waals surface area contributed by atoms with Gasteiger partial charge in [0.1, 0.15) is 17.2 Å². The predicted octanol–water partition coefficient (Wildman–Crippen LogP) is 11.9. The van der Waals surface area contributed by atoms with Gasteiger partial charge in [0.05, 0.1) is 11.7 Å². The zero-order chi connectivity index (χ0) is 31.9. The minimum absolute atomic E-state index is 0.0746. The Morgan fingerprint density at radius 2 is 1.64 bits per heavy atom. The molecule has 1 unspecified atom stereocenters. The van der Waals surface area contributed by atoms with Crippen molar-refractivity contribution in [3.8, 4) is 16.9 Å². The minimum Gasteiger partial charge on any atom is -0.487 e. The van der Waals surface area contributed by atoms with E-state index in [9.17, 15) is 17.6 Å². The Hall–Kier alpha value is -2.71. The van der Waals surface area contributed by atoms with E-state index in [1.54, 1.807) is 12.1 Å². The highest BCUT2D eigenvalue weighted by Crippen LogP contribution is 2.54. The first-order chi connectivity index (χ1) is 20.7. The minimum atomic E-state index is -4.52. The number of benzene rings is 3. The second-order valence-corrected chi connectivity index (χ2v) is 17.9. The maximum Gasteiger partial charge on any atom is 0.416 e. The third-order valence-electron chi connectivity index (χ3n) is 9.09. The summed E-state index contributed by atoms with van der Waals surface area (Å²) in [6, 6.07) is 13.3. The number of ether oxygens (including phenoxy) is 1. The molecule has 0 aromatic heterocycles. The highest BCUT2D eigenvalue weighted by Gasteiger charge is 2.42. The Labute approximate surface area is 259 Å². The molecule has 0 saturated heterocycles. The Kier molecular flexibility index (Phi) is 9.35. The van der Waals surface area contributed by atoms with Gasteiger partial charge in [0, 0.05) is 17.5 Å². The Bertz CT molecular complexity index is 1440. The van der Waals surface area contributed by atoms with Crippen molar-refractivity contribution >= 4 is 8.32 Å². The van der Waals surface area contributed by atoms with Gasteiger partial charge in [-0.05, 0) is 104 Å². The molecule has 0 bridgehead atoms. The lowest BCUT2D eigenvalue weighted by Crippen LogP contribution is -2.40. The van der Waals surface area contributed by atoms with Crippen molar-refractivity contribution < 1.29 is 31.1 Å². The SMILES string of the molecule is CCCC[Si](C)(C)O[C@H]1CC(C)(C)Oc2cc(C3CCCC3)c(C(F)c3ccc(C(F)(F)F)cc3)c(-c3ccc(F)cc3)c21. The summed E-state index contributed by atoms with van der Waals surface area (Å²) < 4.78 is 85.2. The monoisotopic (exact) mass is 630 g/mol. The summed E-state index contributed by atoms with van der Waals surface area (Å²) >= 11 is 0. The number of alkyl halides is 4. The van der Waals surface area contributed by atoms with Crippen LogP contribution >= 0.6 is 0 Å². The van der Waals surface area contributed by atoms with Crippen molar-refractivity contribution in [1.82, 2.24) is 0 Å². The third-order valence-corrected chi connectivity index (χ3v) is 11.6. The summed E-state index contributed by atoms with van der Waals surface area (Å²) in [5.74, 6) is 0.315. The topological polar surface area (TPSA) is 18.5 Å². The van der Waals surface area contributed by atoms with E-state index >= 15 is 4.39 Å². The van der Waals surface area contributed by atoms with Crippen LogP contribution in [0.3, 0.4) is 0 Å². The van der Waals surface area contributed by atoms with Crippen molar-refractivity contribution in [2.24, 2.45) is 0 Å². The molecule has 0 N–H and O–H groups in total. The summed E-state index contributed by atoms with van der Waals surface area (Å²) in [4.78, 5) is 0. The molecular formula is C36H43F5O2Si. The lowest BCUT2D eigenvalue weighted by Gasteiger charge is -2.43. The average Bonchev–Trinajstić information content (AvgIpc) is 3.49. The van der Waals surface area contributed by atoms with Gasteiger partial charge in [0.2, 0.25) is 0 Å². The molecule has 1 saturated carbocycles. The predicted molar refractivity (Wildman–Crippen MR) is 168 cm³/mol. The molecule has 2 aliphatic rings. The highest BCUT2D eigenvalue weighted by atomic mass is 28.4. The van der Waals surface area contributed by atoms with Crippen molar-refractivity contribution in [3.63, 3.8) is 0 Å². The summed E-state index contributed by atoms with van der Waals surface area (Å²) in [6.07, 6.45) is -0.160. The van der Waals surface area contributed by atoms with Crippen LogP contribution < -0.4 is 4.74 Å². The van der Waals surface area contributed by atoms with E-state index in [0.29, 0.717) is 28.9 Å². The summed E-state index contributed by atoms with van der Waals surface area (Å²) in [5.41, 5.74) is 2.02. The van der Waals surface area contributed by atoms with Gasteiger partial charge in [-0.15, -0.1) is 0 Å². The molecule has 44 heavy (non-hydrogen) atoms. The molecule has 0 spiro atoms. The zero-order valence-corrected chi connectivity index (χ0v) is 27.3. The van der Waals surface area contributed by atoms with Crippen LogP contribution in [-0.4, -0.2) is 13.9 Å². The smallest absolute Gasteiger partial charge is 0.416 e. The number of hydrogen-bond donors (Lipinski definition) is 0. The van der Waals surface area contributed by atoms with Crippen molar-refractivity contribution in [3.05, 3.63) is 88.2 Å². The molecule has 2 atom stereocenters. The van der Waals surface area contributed by atoms with Crippen LogP contribution in [0, 0.1) is 5.82 Å². The summed E-state index contributed by atoms with van der Waals surface area (Å²) in [5, 5.41) is 0. The maximum absolute atomic E-state index is 17.2. The fraction of sp³-hybridized carbons (Fsp3) is 0.500. The summed E-state index contributed by atoms with van der Waals surface area (Å²) in [6.45, 7) is 10.6. The van der Waals surface area contributed by atoms with Gasteiger partial charge in [-0.3, -0.25) is 0 Å². The van der Waals surface area contributed by atoms with Crippen molar-refractivity contribution in [2.45, 2.75) is 115 Å². The van der Waals surface area contributed by atoms with Gasteiger partial charge < -0.3 is 9.16 Å². The number of fused-ring (bicyclic) bond motifs is 1. The van der Waals surface area contributed by atoms with E-state index in [-0.39, 0.29) is 17.6 Å². The lowest BCUT2D eigenvalue weighted by atomic mass is 9.78. The first kappa shape index (κ1) is 32.7. The van der Waals surface area contributed by atoms with Crippen molar-refractivity contribution in [1.29, 1.82) is 0 Å². The fourth-order valence-electron chi connectivity index (χ4n) is 6.93. The molecule has 3 aromatic rings. The number of rotatable bonds is 9. The van der Waals surface area contributed by atoms with E-state index in [1.165, 1.54) is 24.3 Å². The van der Waals surface area contributed by atoms with Crippen LogP contribution in [0.5, 0.6) is 5.75 Å². The second-order valence-electron chi connectivity index (χ2n) is 13.7. The van der Waals surface area contributed by atoms with Crippen LogP contribution in [0.2, 0.25) is 19.1 Å². The van der Waals surface area contributed by atoms with E-state index < -0.39 is 37.6 Å². The van der Waals surface area contributed by atoms with E-state index in [2.05, 4.69) is 20.0 Å². The molecular weight excluding hydrogens is 587 g/mol. The Balaban J connectivity index is 1.78. The normalized spacial score (nSPS) is 19.5. The quantitative estimate of drug-likeness (QED) is 0.173. The molecule has 2 nitrogen and oxygen atoms in total. The Morgan fingerprint density at radius 3 is 2.23 bits per heavy atom. The largest absolute Gasteiger partial charge is 0.487 e. The molecule has 238 valence electrons. The second kappa shape index (κ2) is 12.6. The fourth-order valence-corrected chi connectivity index (χ4v) is 9.23. The molecule has 5 rings (SSSR count). The zero-order valence-electron chi connectivity index (χ0n) is 26.3. The highest BCUT2D eigenvalue weighted by molar-refractivity contribution is 6.71. The van der Waals surface area contributed by atoms with Crippen LogP contribution in [0.15, 0.2) is 54.6 Å². The molecule has 0 radical (unpaired) electrons. The van der Waals surface area contributed by atoms with Crippen LogP contribution in [0.4, 0.5) is 22.0 Å². The van der Waals surface area contributed by atoms with Gasteiger partial charge in [-0.2, -0.15) is 13.2 Å². The van der Waals surface area contributed by atoms with Gasteiger partial charge in [-0.1, -0.05) is 56.9 Å². The maximum atomic E-state index is 17.2. The van der Waals surface area contributed by atoms with Gasteiger partial charge in [0.25, 0.3) is 0 Å². The van der Waals surface area contributed by atoms with E-state index in [0.717, 1.165) is 67.8 Å². The molecule has 3 aromatic carbocycles. The molecule has 1 aliphatic heterocycles. The first-order valence-corrected chi connectivity index (χ1v) is 19.0. The van der Waals surface area contributed by atoms with Crippen LogP contribution in [-0.2, 0) is 10.6 Å². The van der Waals surface area contributed by atoms with E-state index in [4.69, 9.17) is 9.16 Å².